The van der Waals surface area contributed by atoms with Gasteiger partial charge in [0.25, 0.3) is 0 Å². The minimum atomic E-state index is -0.377. The van der Waals surface area contributed by atoms with E-state index >= 15 is 0 Å². The van der Waals surface area contributed by atoms with Crippen LogP contribution in [0.5, 0.6) is 11.5 Å². The van der Waals surface area contributed by atoms with Gasteiger partial charge in [0.2, 0.25) is 0 Å². The summed E-state index contributed by atoms with van der Waals surface area (Å²) in [5.74, 6) is 1.46. The van der Waals surface area contributed by atoms with E-state index in [1.807, 2.05) is 42.5 Å². The Bertz CT molecular complexity index is 730. The molecule has 2 aromatic rings. The van der Waals surface area contributed by atoms with Crippen LogP contribution in [0.1, 0.15) is 23.1 Å². The summed E-state index contributed by atoms with van der Waals surface area (Å²) < 4.78 is 16.0. The highest BCUT2D eigenvalue weighted by atomic mass is 16.5. The van der Waals surface area contributed by atoms with Gasteiger partial charge in [-0.15, -0.1) is 0 Å². The standard InChI is InChI=1S/C20H23NO4/c1-23-18-11-15-8-9-17(10-16(15)12-19(18)24-2)21-20(22)25-13-14-6-4-3-5-7-14/h3-7,11-12,17H,8-10,13H2,1-2H3,(H,21,22). The highest BCUT2D eigenvalue weighted by Crippen LogP contribution is 2.34. The Morgan fingerprint density at radius 1 is 1.08 bits per heavy atom. The van der Waals surface area contributed by atoms with Gasteiger partial charge in [-0.1, -0.05) is 30.3 Å². The molecule has 1 atom stereocenters. The zero-order valence-corrected chi connectivity index (χ0v) is 14.6. The molecule has 1 aliphatic rings. The second kappa shape index (κ2) is 7.92. The molecule has 0 saturated heterocycles. The van der Waals surface area contributed by atoms with E-state index in [9.17, 15) is 4.79 Å². The van der Waals surface area contributed by atoms with Crippen molar-refractivity contribution in [3.8, 4) is 11.5 Å². The van der Waals surface area contributed by atoms with Crippen LogP contribution in [0.4, 0.5) is 4.79 Å². The average Bonchev–Trinajstić information content (AvgIpc) is 2.66. The first-order valence-corrected chi connectivity index (χ1v) is 8.40. The number of ether oxygens (including phenoxy) is 3. The second-order valence-corrected chi connectivity index (χ2v) is 6.12. The van der Waals surface area contributed by atoms with Crippen LogP contribution < -0.4 is 14.8 Å². The van der Waals surface area contributed by atoms with Crippen molar-refractivity contribution in [2.75, 3.05) is 14.2 Å². The summed E-state index contributed by atoms with van der Waals surface area (Å²) in [5, 5.41) is 2.96. The van der Waals surface area contributed by atoms with Gasteiger partial charge in [-0.3, -0.25) is 0 Å². The van der Waals surface area contributed by atoms with Gasteiger partial charge < -0.3 is 19.5 Å². The summed E-state index contributed by atoms with van der Waals surface area (Å²) in [6.07, 6.45) is 2.15. The molecule has 0 aliphatic heterocycles. The maximum Gasteiger partial charge on any atom is 0.407 e. The number of carbonyl (C=O) groups excluding carboxylic acids is 1. The number of fused-ring (bicyclic) bond motifs is 1. The van der Waals surface area contributed by atoms with Crippen molar-refractivity contribution in [1.82, 2.24) is 5.32 Å². The van der Waals surface area contributed by atoms with Gasteiger partial charge in [0.1, 0.15) is 6.61 Å². The Balaban J connectivity index is 1.58. The van der Waals surface area contributed by atoms with Gasteiger partial charge >= 0.3 is 6.09 Å². The smallest absolute Gasteiger partial charge is 0.407 e. The largest absolute Gasteiger partial charge is 0.493 e. The van der Waals surface area contributed by atoms with Crippen LogP contribution in [-0.2, 0) is 24.2 Å². The minimum Gasteiger partial charge on any atom is -0.493 e. The summed E-state index contributed by atoms with van der Waals surface area (Å²) in [6, 6.07) is 13.7. The molecule has 5 nitrogen and oxygen atoms in total. The average molecular weight is 341 g/mol. The molecule has 0 heterocycles. The molecule has 0 fully saturated rings. The number of benzene rings is 2. The molecule has 2 aromatic carbocycles. The summed E-state index contributed by atoms with van der Waals surface area (Å²) in [5.41, 5.74) is 3.40. The molecule has 0 bridgehead atoms. The predicted octanol–water partition coefficient (Wildman–Crippen LogP) is 3.49. The lowest BCUT2D eigenvalue weighted by molar-refractivity contribution is 0.134. The first-order chi connectivity index (χ1) is 12.2. The van der Waals surface area contributed by atoms with Crippen LogP contribution >= 0.6 is 0 Å². The quantitative estimate of drug-likeness (QED) is 0.904. The number of methoxy groups -OCH3 is 2. The monoisotopic (exact) mass is 341 g/mol. The fourth-order valence-electron chi connectivity index (χ4n) is 3.14. The van der Waals surface area contributed by atoms with Gasteiger partial charge in [0, 0.05) is 6.04 Å². The van der Waals surface area contributed by atoms with Crippen LogP contribution in [0.15, 0.2) is 42.5 Å². The fraction of sp³-hybridized carbons (Fsp3) is 0.350. The van der Waals surface area contributed by atoms with E-state index in [0.29, 0.717) is 5.75 Å². The van der Waals surface area contributed by atoms with Crippen LogP contribution in [0, 0.1) is 0 Å². The summed E-state index contributed by atoms with van der Waals surface area (Å²) in [6.45, 7) is 0.279. The van der Waals surface area contributed by atoms with Crippen molar-refractivity contribution < 1.29 is 19.0 Å². The lowest BCUT2D eigenvalue weighted by Crippen LogP contribution is -2.39. The van der Waals surface area contributed by atoms with Gasteiger partial charge in [-0.05, 0) is 48.1 Å². The summed E-state index contributed by atoms with van der Waals surface area (Å²) >= 11 is 0. The molecule has 0 aromatic heterocycles. The van der Waals surface area contributed by atoms with E-state index in [1.165, 1.54) is 11.1 Å². The van der Waals surface area contributed by atoms with Crippen molar-refractivity contribution in [2.24, 2.45) is 0 Å². The molecular formula is C20H23NO4. The molecule has 1 aliphatic carbocycles. The third-order valence-corrected chi connectivity index (χ3v) is 4.47. The van der Waals surface area contributed by atoms with Gasteiger partial charge in [0.05, 0.1) is 14.2 Å². The second-order valence-electron chi connectivity index (χ2n) is 6.12. The normalized spacial score (nSPS) is 15.8. The molecule has 3 rings (SSSR count). The van der Waals surface area contributed by atoms with E-state index in [1.54, 1.807) is 14.2 Å². The minimum absolute atomic E-state index is 0.0638. The molecule has 1 amide bonds. The number of amides is 1. The van der Waals surface area contributed by atoms with Crippen LogP contribution in [0.2, 0.25) is 0 Å². The van der Waals surface area contributed by atoms with Crippen molar-refractivity contribution in [1.29, 1.82) is 0 Å². The number of carbonyl (C=O) groups is 1. The topological polar surface area (TPSA) is 56.8 Å². The first-order valence-electron chi connectivity index (χ1n) is 8.40. The lowest BCUT2D eigenvalue weighted by atomic mass is 9.88. The van der Waals surface area contributed by atoms with Crippen molar-refractivity contribution in [3.63, 3.8) is 0 Å². The van der Waals surface area contributed by atoms with Crippen LogP contribution in [0.3, 0.4) is 0 Å². The van der Waals surface area contributed by atoms with Crippen LogP contribution in [-0.4, -0.2) is 26.4 Å². The molecule has 1 unspecified atom stereocenters. The third kappa shape index (κ3) is 4.24. The number of hydrogen-bond acceptors (Lipinski definition) is 4. The van der Waals surface area contributed by atoms with Crippen molar-refractivity contribution in [3.05, 3.63) is 59.2 Å². The Morgan fingerprint density at radius 2 is 1.76 bits per heavy atom. The zero-order valence-electron chi connectivity index (χ0n) is 14.6. The van der Waals surface area contributed by atoms with Crippen molar-refractivity contribution in [2.45, 2.75) is 31.9 Å². The zero-order chi connectivity index (χ0) is 17.6. The van der Waals surface area contributed by atoms with Gasteiger partial charge in [-0.25, -0.2) is 4.79 Å². The number of alkyl carbamates (subject to hydrolysis) is 1. The molecule has 1 N–H and O–H groups in total. The number of aryl methyl sites for hydroxylation is 1. The fourth-order valence-corrected chi connectivity index (χ4v) is 3.14. The highest BCUT2D eigenvalue weighted by molar-refractivity contribution is 5.67. The Labute approximate surface area is 147 Å². The van der Waals surface area contributed by atoms with E-state index in [-0.39, 0.29) is 18.7 Å². The van der Waals surface area contributed by atoms with E-state index in [4.69, 9.17) is 14.2 Å². The lowest BCUT2D eigenvalue weighted by Gasteiger charge is -2.26. The molecular weight excluding hydrogens is 318 g/mol. The SMILES string of the molecule is COc1cc2c(cc1OC)CC(NC(=O)OCc1ccccc1)CC2. The molecule has 25 heavy (non-hydrogen) atoms. The Kier molecular flexibility index (Phi) is 5.43. The van der Waals surface area contributed by atoms with E-state index in [0.717, 1.165) is 30.6 Å². The van der Waals surface area contributed by atoms with Crippen molar-refractivity contribution >= 4 is 6.09 Å². The predicted molar refractivity (Wildman–Crippen MR) is 95.1 cm³/mol. The van der Waals surface area contributed by atoms with Crippen LogP contribution in [0.25, 0.3) is 0 Å². The Morgan fingerprint density at radius 3 is 2.44 bits per heavy atom. The maximum absolute atomic E-state index is 12.0. The van der Waals surface area contributed by atoms with E-state index in [2.05, 4.69) is 5.32 Å². The molecule has 0 radical (unpaired) electrons. The van der Waals surface area contributed by atoms with Gasteiger partial charge in [0.15, 0.2) is 11.5 Å². The highest BCUT2D eigenvalue weighted by Gasteiger charge is 2.23. The molecule has 132 valence electrons. The molecule has 0 saturated carbocycles. The number of nitrogens with one attached hydrogen (secondary N) is 1. The molecule has 0 spiro atoms. The Hall–Kier alpha value is -2.69. The third-order valence-electron chi connectivity index (χ3n) is 4.47. The van der Waals surface area contributed by atoms with Gasteiger partial charge in [-0.2, -0.15) is 0 Å². The number of rotatable bonds is 5. The molecule has 5 heteroatoms. The number of hydrogen-bond donors (Lipinski definition) is 1. The summed E-state index contributed by atoms with van der Waals surface area (Å²) in [4.78, 5) is 12.0. The maximum atomic E-state index is 12.0. The summed E-state index contributed by atoms with van der Waals surface area (Å²) in [7, 11) is 3.27. The van der Waals surface area contributed by atoms with E-state index < -0.39 is 0 Å². The first kappa shape index (κ1) is 17.1.